The molecule has 0 bridgehead atoms. The number of aldehydes is 2. The van der Waals surface area contributed by atoms with Crippen molar-refractivity contribution in [1.29, 1.82) is 0 Å². The molecule has 0 amide bonds. The molecule has 0 aliphatic rings. The third-order valence-electron chi connectivity index (χ3n) is 5.49. The molecule has 36 heavy (non-hydrogen) atoms. The van der Waals surface area contributed by atoms with Gasteiger partial charge in [-0.05, 0) is 58.7 Å². The summed E-state index contributed by atoms with van der Waals surface area (Å²) >= 11 is 0. The molecule has 4 aromatic rings. The van der Waals surface area contributed by atoms with E-state index in [2.05, 4.69) is 0 Å². The molecule has 0 saturated heterocycles. The highest BCUT2D eigenvalue weighted by molar-refractivity contribution is 6.02. The first kappa shape index (κ1) is 24.4. The first-order valence-corrected chi connectivity index (χ1v) is 11.6. The Morgan fingerprint density at radius 1 is 0.500 bits per heavy atom. The summed E-state index contributed by atoms with van der Waals surface area (Å²) in [6, 6.07) is 34.6. The Morgan fingerprint density at radius 3 is 1.19 bits per heavy atom. The highest BCUT2D eigenvalue weighted by Gasteiger charge is 2.06. The highest BCUT2D eigenvalue weighted by atomic mass is 16.5. The lowest BCUT2D eigenvalue weighted by atomic mass is 10.0. The van der Waals surface area contributed by atoms with Crippen molar-refractivity contribution in [2.24, 2.45) is 0 Å². The quantitative estimate of drug-likeness (QED) is 0.138. The fourth-order valence-electron chi connectivity index (χ4n) is 3.53. The molecule has 4 nitrogen and oxygen atoms in total. The first-order valence-electron chi connectivity index (χ1n) is 11.6. The van der Waals surface area contributed by atoms with Crippen LogP contribution in [0.1, 0.15) is 22.3 Å². The van der Waals surface area contributed by atoms with Crippen LogP contribution in [0.4, 0.5) is 0 Å². The zero-order chi connectivity index (χ0) is 25.0. The van der Waals surface area contributed by atoms with Crippen molar-refractivity contribution in [3.05, 3.63) is 143 Å². The van der Waals surface area contributed by atoms with Crippen molar-refractivity contribution in [2.75, 3.05) is 0 Å². The van der Waals surface area contributed by atoms with Gasteiger partial charge < -0.3 is 9.47 Å². The van der Waals surface area contributed by atoms with E-state index in [1.807, 2.05) is 109 Å². The molecule has 0 saturated carbocycles. The number of hydrogen-bond donors (Lipinski definition) is 0. The Morgan fingerprint density at radius 2 is 0.861 bits per heavy atom. The van der Waals surface area contributed by atoms with E-state index in [1.165, 1.54) is 0 Å². The van der Waals surface area contributed by atoms with Crippen molar-refractivity contribution in [1.82, 2.24) is 0 Å². The second-order valence-electron chi connectivity index (χ2n) is 8.12. The average molecular weight is 475 g/mol. The zero-order valence-electron chi connectivity index (χ0n) is 19.7. The van der Waals surface area contributed by atoms with E-state index in [9.17, 15) is 9.59 Å². The van der Waals surface area contributed by atoms with Gasteiger partial charge in [-0.3, -0.25) is 9.59 Å². The Bertz CT molecular complexity index is 1210. The van der Waals surface area contributed by atoms with Gasteiger partial charge in [-0.25, -0.2) is 0 Å². The lowest BCUT2D eigenvalue weighted by Gasteiger charge is -2.07. The molecule has 4 heteroatoms. The van der Waals surface area contributed by atoms with E-state index in [0.717, 1.165) is 33.8 Å². The fourth-order valence-corrected chi connectivity index (χ4v) is 3.53. The highest BCUT2D eigenvalue weighted by Crippen LogP contribution is 2.20. The van der Waals surface area contributed by atoms with Gasteiger partial charge in [0, 0.05) is 11.1 Å². The largest absolute Gasteiger partial charge is 0.489 e. The van der Waals surface area contributed by atoms with Gasteiger partial charge in [0.1, 0.15) is 24.7 Å². The standard InChI is InChI=1S/C32H26O4/c33-21-29(19-25-11-15-31(16-12-25)35-23-27-7-3-1-4-8-27)30(22-34)20-26-13-17-32(18-14-26)36-24-28-9-5-2-6-10-28/h1-22H,23-24H2/b29-19+,30-20+. The molecule has 0 spiro atoms. The Kier molecular flexibility index (Phi) is 8.60. The predicted molar refractivity (Wildman–Crippen MR) is 143 cm³/mol. The summed E-state index contributed by atoms with van der Waals surface area (Å²) < 4.78 is 11.6. The van der Waals surface area contributed by atoms with Crippen LogP contribution in [0.2, 0.25) is 0 Å². The maximum absolute atomic E-state index is 11.8. The maximum Gasteiger partial charge on any atom is 0.150 e. The number of carbonyl (C=O) groups is 2. The zero-order valence-corrected chi connectivity index (χ0v) is 19.7. The number of allylic oxidation sites excluding steroid dienone is 2. The summed E-state index contributed by atoms with van der Waals surface area (Å²) in [5, 5.41) is 0. The molecule has 0 aliphatic heterocycles. The van der Waals surface area contributed by atoms with Crippen LogP contribution < -0.4 is 9.47 Å². The van der Waals surface area contributed by atoms with E-state index in [4.69, 9.17) is 9.47 Å². The van der Waals surface area contributed by atoms with Crippen molar-refractivity contribution in [3.63, 3.8) is 0 Å². The molecule has 0 radical (unpaired) electrons. The third kappa shape index (κ3) is 7.15. The molecule has 4 aromatic carbocycles. The van der Waals surface area contributed by atoms with Crippen LogP contribution in [0.15, 0.2) is 120 Å². The third-order valence-corrected chi connectivity index (χ3v) is 5.49. The first-order chi connectivity index (χ1) is 17.7. The van der Waals surface area contributed by atoms with Crippen molar-refractivity contribution < 1.29 is 19.1 Å². The Balaban J connectivity index is 1.41. The second kappa shape index (κ2) is 12.7. The van der Waals surface area contributed by atoms with E-state index < -0.39 is 0 Å². The van der Waals surface area contributed by atoms with E-state index in [0.29, 0.717) is 36.9 Å². The Hall–Kier alpha value is -4.70. The van der Waals surface area contributed by atoms with Gasteiger partial charge in [-0.1, -0.05) is 84.9 Å². The summed E-state index contributed by atoms with van der Waals surface area (Å²) in [4.78, 5) is 23.6. The van der Waals surface area contributed by atoms with Crippen molar-refractivity contribution in [2.45, 2.75) is 13.2 Å². The van der Waals surface area contributed by atoms with Gasteiger partial charge in [0.05, 0.1) is 0 Å². The molecule has 4 rings (SSSR count). The molecular formula is C32H26O4. The fraction of sp³-hybridized carbons (Fsp3) is 0.0625. The molecular weight excluding hydrogens is 448 g/mol. The van der Waals surface area contributed by atoms with Crippen LogP contribution in [0, 0.1) is 0 Å². The van der Waals surface area contributed by atoms with Gasteiger partial charge in [-0.2, -0.15) is 0 Å². The summed E-state index contributed by atoms with van der Waals surface area (Å²) in [7, 11) is 0. The van der Waals surface area contributed by atoms with Gasteiger partial charge in [-0.15, -0.1) is 0 Å². The van der Waals surface area contributed by atoms with Gasteiger partial charge in [0.25, 0.3) is 0 Å². The van der Waals surface area contributed by atoms with Gasteiger partial charge >= 0.3 is 0 Å². The van der Waals surface area contributed by atoms with E-state index in [1.54, 1.807) is 12.2 Å². The normalized spacial score (nSPS) is 11.6. The minimum absolute atomic E-state index is 0.298. The second-order valence-corrected chi connectivity index (χ2v) is 8.12. The minimum atomic E-state index is 0.298. The average Bonchev–Trinajstić information content (AvgIpc) is 2.95. The number of carbonyl (C=O) groups excluding carboxylic acids is 2. The summed E-state index contributed by atoms with van der Waals surface area (Å²) in [6.45, 7) is 0.952. The van der Waals surface area contributed by atoms with E-state index >= 15 is 0 Å². The van der Waals surface area contributed by atoms with Gasteiger partial charge in [0.15, 0.2) is 12.6 Å². The summed E-state index contributed by atoms with van der Waals surface area (Å²) in [5.74, 6) is 1.45. The number of rotatable bonds is 11. The smallest absolute Gasteiger partial charge is 0.150 e. The molecule has 0 atom stereocenters. The molecule has 178 valence electrons. The topological polar surface area (TPSA) is 52.6 Å². The number of ether oxygens (including phenoxy) is 2. The molecule has 0 unspecified atom stereocenters. The van der Waals surface area contributed by atoms with Crippen LogP contribution in [-0.2, 0) is 22.8 Å². The Labute approximate surface area is 211 Å². The van der Waals surface area contributed by atoms with Crippen LogP contribution >= 0.6 is 0 Å². The number of benzene rings is 4. The van der Waals surface area contributed by atoms with Gasteiger partial charge in [0.2, 0.25) is 0 Å². The molecule has 0 heterocycles. The lowest BCUT2D eigenvalue weighted by molar-refractivity contribution is -0.107. The number of hydrogen-bond acceptors (Lipinski definition) is 4. The van der Waals surface area contributed by atoms with E-state index in [-0.39, 0.29) is 0 Å². The SMILES string of the molecule is O=CC(=C\c1ccc(OCc2ccccc2)cc1)/C(C=O)=C/c1ccc(OCc2ccccc2)cc1. The molecule has 0 aliphatic carbocycles. The van der Waals surface area contributed by atoms with Crippen LogP contribution in [-0.4, -0.2) is 12.6 Å². The minimum Gasteiger partial charge on any atom is -0.489 e. The monoisotopic (exact) mass is 474 g/mol. The van der Waals surface area contributed by atoms with Crippen LogP contribution in [0.3, 0.4) is 0 Å². The van der Waals surface area contributed by atoms with Crippen LogP contribution in [0.5, 0.6) is 11.5 Å². The summed E-state index contributed by atoms with van der Waals surface area (Å²) in [5.41, 5.74) is 4.35. The maximum atomic E-state index is 11.8. The van der Waals surface area contributed by atoms with Crippen molar-refractivity contribution >= 4 is 24.7 Å². The molecule has 0 aromatic heterocycles. The molecule has 0 fully saturated rings. The summed E-state index contributed by atoms with van der Waals surface area (Å²) in [6.07, 6.45) is 4.76. The lowest BCUT2D eigenvalue weighted by Crippen LogP contribution is -1.96. The molecule has 0 N–H and O–H groups in total. The predicted octanol–water partition coefficient (Wildman–Crippen LogP) is 6.71. The van der Waals surface area contributed by atoms with Crippen molar-refractivity contribution in [3.8, 4) is 11.5 Å². The van der Waals surface area contributed by atoms with Crippen LogP contribution in [0.25, 0.3) is 12.2 Å².